The summed E-state index contributed by atoms with van der Waals surface area (Å²) in [6, 6.07) is -1.90. The summed E-state index contributed by atoms with van der Waals surface area (Å²) in [5.41, 5.74) is 9.86. The van der Waals surface area contributed by atoms with Crippen LogP contribution in [0.5, 0.6) is 0 Å². The lowest BCUT2D eigenvalue weighted by Gasteiger charge is -2.25. The molecule has 0 bridgehead atoms. The first-order chi connectivity index (χ1) is 17.4. The van der Waals surface area contributed by atoms with Crippen molar-refractivity contribution in [2.24, 2.45) is 22.4 Å². The zero-order chi connectivity index (χ0) is 28.0. The molecule has 0 spiro atoms. The molecule has 0 aliphatic carbocycles. The fourth-order valence-corrected chi connectivity index (χ4v) is 3.50. The van der Waals surface area contributed by atoms with Crippen LogP contribution in [0.15, 0.2) is 17.1 Å². The van der Waals surface area contributed by atoms with Crippen molar-refractivity contribution in [3.8, 4) is 0 Å². The van der Waals surface area contributed by atoms with Gasteiger partial charge in [-0.2, -0.15) is 0 Å². The Morgan fingerprint density at radius 1 is 0.973 bits per heavy atom. The fraction of sp³-hybridized carbons (Fsp3) is 0.609. The van der Waals surface area contributed by atoms with Crippen molar-refractivity contribution in [2.75, 3.05) is 19.6 Å². The molecule has 2 atom stereocenters. The number of hydrogen-bond donors (Lipinski definition) is 5. The van der Waals surface area contributed by atoms with Crippen molar-refractivity contribution >= 4 is 49.0 Å². The Labute approximate surface area is 217 Å². The number of imide groups is 1. The van der Waals surface area contributed by atoms with Crippen LogP contribution < -0.4 is 27.4 Å². The third kappa shape index (κ3) is 12.2. The van der Waals surface area contributed by atoms with E-state index >= 15 is 0 Å². The van der Waals surface area contributed by atoms with Crippen molar-refractivity contribution in [3.05, 3.63) is 12.2 Å². The minimum atomic E-state index is -0.996. The molecular formula is C23H36BN7O6. The van der Waals surface area contributed by atoms with E-state index in [9.17, 15) is 28.8 Å². The maximum atomic E-state index is 13.0. The first kappa shape index (κ1) is 31.3. The lowest BCUT2D eigenvalue weighted by Crippen LogP contribution is -2.55. The molecule has 14 heteroatoms. The molecule has 202 valence electrons. The molecule has 0 aromatic carbocycles. The number of nitrogens with one attached hydrogen (secondary N) is 3. The topological polar surface area (TPSA) is 206 Å². The highest BCUT2D eigenvalue weighted by molar-refractivity contribution is 6.58. The molecule has 0 saturated carbocycles. The Morgan fingerprint density at radius 3 is 2.19 bits per heavy atom. The van der Waals surface area contributed by atoms with Gasteiger partial charge in [-0.25, -0.2) is 0 Å². The smallest absolute Gasteiger partial charge is 0.253 e. The molecule has 1 aliphatic rings. The number of hydrogen-bond acceptors (Lipinski definition) is 7. The quantitative estimate of drug-likeness (QED) is 0.0477. The van der Waals surface area contributed by atoms with Gasteiger partial charge < -0.3 is 32.2 Å². The largest absolute Gasteiger partial charge is 0.370 e. The van der Waals surface area contributed by atoms with Gasteiger partial charge in [0.1, 0.15) is 12.1 Å². The number of nitrogens with two attached hydrogens (primary N) is 2. The Balaban J connectivity index is 2.60. The van der Waals surface area contributed by atoms with Gasteiger partial charge in [0.2, 0.25) is 17.7 Å². The molecule has 5 amide bonds. The molecule has 0 aromatic heterocycles. The zero-order valence-electron chi connectivity index (χ0n) is 21.3. The van der Waals surface area contributed by atoms with Gasteiger partial charge in [0.05, 0.1) is 12.2 Å². The summed E-state index contributed by atoms with van der Waals surface area (Å²) in [4.78, 5) is 77.0. The summed E-state index contributed by atoms with van der Waals surface area (Å²) < 4.78 is 0. The van der Waals surface area contributed by atoms with Crippen LogP contribution in [0.1, 0.15) is 52.4 Å². The van der Waals surface area contributed by atoms with Crippen LogP contribution in [0.3, 0.4) is 0 Å². The lowest BCUT2D eigenvalue weighted by atomic mass is 10.0. The summed E-state index contributed by atoms with van der Waals surface area (Å²) in [7, 11) is 5.07. The Kier molecular flexibility index (Phi) is 13.6. The number of unbranched alkanes of at least 4 members (excludes halogenated alkanes) is 2. The van der Waals surface area contributed by atoms with Gasteiger partial charge >= 0.3 is 0 Å². The first-order valence-electron chi connectivity index (χ1n) is 12.2. The van der Waals surface area contributed by atoms with Crippen LogP contribution >= 0.6 is 0 Å². The number of guanidine groups is 1. The van der Waals surface area contributed by atoms with Crippen LogP contribution in [0.25, 0.3) is 0 Å². The normalized spacial score (nSPS) is 14.3. The first-order valence-corrected chi connectivity index (χ1v) is 12.2. The summed E-state index contributed by atoms with van der Waals surface area (Å²) in [5.74, 6) is -2.56. The van der Waals surface area contributed by atoms with E-state index in [0.717, 1.165) is 4.90 Å². The predicted molar refractivity (Wildman–Crippen MR) is 137 cm³/mol. The third-order valence-electron chi connectivity index (χ3n) is 5.47. The Hall–Kier alpha value is -3.71. The highest BCUT2D eigenvalue weighted by Crippen LogP contribution is 2.09. The van der Waals surface area contributed by atoms with E-state index in [0.29, 0.717) is 25.7 Å². The van der Waals surface area contributed by atoms with Crippen molar-refractivity contribution < 1.29 is 28.8 Å². The molecule has 13 nitrogen and oxygen atoms in total. The molecule has 1 heterocycles. The SMILES string of the molecule is [B]C(=O)CNC(=O)[C@H](CCCN=C(N)N)NC(=O)C(NC(=O)CCCCCN1C(=O)C=CC1=O)C(C)C. The maximum Gasteiger partial charge on any atom is 0.253 e. The second-order valence-electron chi connectivity index (χ2n) is 8.96. The highest BCUT2D eigenvalue weighted by atomic mass is 16.2. The molecule has 0 saturated heterocycles. The van der Waals surface area contributed by atoms with Crippen molar-refractivity contribution in [3.63, 3.8) is 0 Å². The average molecular weight is 517 g/mol. The third-order valence-corrected chi connectivity index (χ3v) is 5.47. The van der Waals surface area contributed by atoms with Gasteiger partial charge in [0.25, 0.3) is 11.8 Å². The number of rotatable bonds is 17. The Morgan fingerprint density at radius 2 is 1.62 bits per heavy atom. The van der Waals surface area contributed by atoms with Crippen molar-refractivity contribution in [1.29, 1.82) is 0 Å². The Bertz CT molecular complexity index is 899. The van der Waals surface area contributed by atoms with Crippen molar-refractivity contribution in [2.45, 2.75) is 64.5 Å². The zero-order valence-corrected chi connectivity index (χ0v) is 21.3. The number of amides is 5. The van der Waals surface area contributed by atoms with Gasteiger partial charge in [-0.15, -0.1) is 0 Å². The maximum absolute atomic E-state index is 13.0. The summed E-state index contributed by atoms with van der Waals surface area (Å²) in [6.45, 7) is 3.64. The summed E-state index contributed by atoms with van der Waals surface area (Å²) >= 11 is 0. The van der Waals surface area contributed by atoms with E-state index in [1.165, 1.54) is 12.2 Å². The molecule has 2 radical (unpaired) electrons. The fourth-order valence-electron chi connectivity index (χ4n) is 3.50. The van der Waals surface area contributed by atoms with E-state index in [-0.39, 0.29) is 62.1 Å². The minimum Gasteiger partial charge on any atom is -0.370 e. The van der Waals surface area contributed by atoms with Crippen LogP contribution in [0, 0.1) is 5.92 Å². The van der Waals surface area contributed by atoms with Crippen LogP contribution in [0.4, 0.5) is 0 Å². The second-order valence-corrected chi connectivity index (χ2v) is 8.96. The predicted octanol–water partition coefficient (Wildman–Crippen LogP) is -2.04. The van der Waals surface area contributed by atoms with Gasteiger partial charge in [0.15, 0.2) is 13.8 Å². The van der Waals surface area contributed by atoms with Gasteiger partial charge in [-0.3, -0.25) is 33.9 Å². The standard InChI is InChI=1S/C23H36BN7O6/c1-14(2)20(30-17(33)8-4-3-5-12-31-18(34)9-10-19(31)35)22(37)29-15(7-6-11-27-23(25)26)21(36)28-13-16(24)32/h9-10,14-15,20H,3-8,11-13H2,1-2H3,(H,28,36)(H,29,37)(H,30,33)(H4,25,26,27)/t15-,20?/m0/s1. The van der Waals surface area contributed by atoms with Crippen LogP contribution in [0.2, 0.25) is 0 Å². The lowest BCUT2D eigenvalue weighted by molar-refractivity contribution is -0.137. The highest BCUT2D eigenvalue weighted by Gasteiger charge is 2.28. The van der Waals surface area contributed by atoms with E-state index in [2.05, 4.69) is 20.9 Å². The summed E-state index contributed by atoms with van der Waals surface area (Å²) in [5, 5.41) is 7.69. The molecule has 1 unspecified atom stereocenters. The molecule has 1 aliphatic heterocycles. The number of carbonyl (C=O) groups is 6. The monoisotopic (exact) mass is 517 g/mol. The van der Waals surface area contributed by atoms with Crippen LogP contribution in [-0.4, -0.2) is 85.6 Å². The van der Waals surface area contributed by atoms with Gasteiger partial charge in [-0.05, 0) is 31.6 Å². The van der Waals surface area contributed by atoms with Crippen LogP contribution in [-0.2, 0) is 28.8 Å². The van der Waals surface area contributed by atoms with E-state index in [1.54, 1.807) is 13.8 Å². The van der Waals surface area contributed by atoms with E-state index < -0.39 is 29.6 Å². The van der Waals surface area contributed by atoms with Gasteiger partial charge in [-0.1, -0.05) is 20.3 Å². The van der Waals surface area contributed by atoms with E-state index in [4.69, 9.17) is 19.3 Å². The van der Waals surface area contributed by atoms with Gasteiger partial charge in [0, 0.05) is 31.7 Å². The molecule has 0 aromatic rings. The van der Waals surface area contributed by atoms with Crippen molar-refractivity contribution in [1.82, 2.24) is 20.9 Å². The number of carbonyl (C=O) groups excluding carboxylic acids is 6. The molecular weight excluding hydrogens is 481 g/mol. The van der Waals surface area contributed by atoms with E-state index in [1.807, 2.05) is 0 Å². The molecule has 1 rings (SSSR count). The molecule has 0 fully saturated rings. The molecule has 37 heavy (non-hydrogen) atoms. The summed E-state index contributed by atoms with van der Waals surface area (Å²) in [6.07, 6.45) is 4.83. The molecule has 7 N–H and O–H groups in total. The second kappa shape index (κ2) is 16.1. The number of aliphatic imine (C=N–C) groups is 1. The minimum absolute atomic E-state index is 0.101. The average Bonchev–Trinajstić information content (AvgIpc) is 3.14. The number of nitrogens with zero attached hydrogens (tertiary/aromatic N) is 2.